The van der Waals surface area contributed by atoms with Gasteiger partial charge in [0.1, 0.15) is 0 Å². The molecule has 0 heterocycles. The molecule has 1 rings (SSSR count). The number of halogens is 2. The molecule has 0 aliphatic rings. The van der Waals surface area contributed by atoms with Gasteiger partial charge in [-0.3, -0.25) is 0 Å². The minimum atomic E-state index is 0.442. The molecule has 3 heteroatoms. The van der Waals surface area contributed by atoms with Crippen LogP contribution in [-0.2, 0) is 0 Å². The van der Waals surface area contributed by atoms with Crippen molar-refractivity contribution in [2.75, 3.05) is 7.05 Å². The number of benzene rings is 1. The van der Waals surface area contributed by atoms with Gasteiger partial charge in [-0.15, -0.1) is 0 Å². The average molecular weight is 405 g/mol. The molecule has 20 heavy (non-hydrogen) atoms. The van der Waals surface area contributed by atoms with Gasteiger partial charge < -0.3 is 5.32 Å². The molecule has 114 valence electrons. The van der Waals surface area contributed by atoms with Crippen molar-refractivity contribution >= 4 is 31.9 Å². The second-order valence-corrected chi connectivity index (χ2v) is 7.19. The molecule has 0 radical (unpaired) electrons. The summed E-state index contributed by atoms with van der Waals surface area (Å²) in [5, 5.41) is 3.45. The molecular formula is C17H27Br2N. The van der Waals surface area contributed by atoms with Crippen LogP contribution in [0.1, 0.15) is 69.9 Å². The van der Waals surface area contributed by atoms with Crippen molar-refractivity contribution in [3.63, 3.8) is 0 Å². The molecule has 0 aliphatic carbocycles. The topological polar surface area (TPSA) is 12.0 Å². The highest BCUT2D eigenvalue weighted by molar-refractivity contribution is 9.11. The zero-order valence-corrected chi connectivity index (χ0v) is 15.9. The van der Waals surface area contributed by atoms with Gasteiger partial charge in [0, 0.05) is 15.0 Å². The Morgan fingerprint density at radius 1 is 1.00 bits per heavy atom. The molecule has 1 aromatic rings. The van der Waals surface area contributed by atoms with Crippen molar-refractivity contribution in [3.8, 4) is 0 Å². The molecule has 0 amide bonds. The number of hydrogen-bond donors (Lipinski definition) is 1. The van der Waals surface area contributed by atoms with Crippen LogP contribution in [0.5, 0.6) is 0 Å². The van der Waals surface area contributed by atoms with E-state index in [4.69, 9.17) is 0 Å². The highest BCUT2D eigenvalue weighted by Gasteiger charge is 2.12. The first-order chi connectivity index (χ1) is 9.69. The molecule has 1 N–H and O–H groups in total. The Bertz CT molecular complexity index is 379. The van der Waals surface area contributed by atoms with E-state index >= 15 is 0 Å². The maximum absolute atomic E-state index is 3.66. The van der Waals surface area contributed by atoms with Gasteiger partial charge in [0.05, 0.1) is 0 Å². The van der Waals surface area contributed by atoms with E-state index in [9.17, 15) is 0 Å². The summed E-state index contributed by atoms with van der Waals surface area (Å²) in [5.41, 5.74) is 1.35. The summed E-state index contributed by atoms with van der Waals surface area (Å²) in [4.78, 5) is 0. The van der Waals surface area contributed by atoms with Gasteiger partial charge in [0.15, 0.2) is 0 Å². The van der Waals surface area contributed by atoms with Crippen LogP contribution >= 0.6 is 31.9 Å². The first-order valence-corrected chi connectivity index (χ1v) is 9.39. The van der Waals surface area contributed by atoms with Gasteiger partial charge in [0.2, 0.25) is 0 Å². The van der Waals surface area contributed by atoms with E-state index in [-0.39, 0.29) is 0 Å². The smallest absolute Gasteiger partial charge is 0.0329 e. The zero-order chi connectivity index (χ0) is 14.8. The SMILES string of the molecule is CCCCCCCCCC(NC)c1cc(Br)ccc1Br. The highest BCUT2D eigenvalue weighted by atomic mass is 79.9. The molecular weight excluding hydrogens is 378 g/mol. The van der Waals surface area contributed by atoms with Gasteiger partial charge >= 0.3 is 0 Å². The molecule has 0 fully saturated rings. The van der Waals surface area contributed by atoms with E-state index in [0.717, 1.165) is 4.47 Å². The van der Waals surface area contributed by atoms with E-state index in [1.807, 2.05) is 0 Å². The van der Waals surface area contributed by atoms with Gasteiger partial charge in [0.25, 0.3) is 0 Å². The fourth-order valence-electron chi connectivity index (χ4n) is 2.54. The molecule has 0 saturated carbocycles. The molecule has 1 unspecified atom stereocenters. The summed E-state index contributed by atoms with van der Waals surface area (Å²) in [6.45, 7) is 2.27. The van der Waals surface area contributed by atoms with E-state index in [0.29, 0.717) is 6.04 Å². The fourth-order valence-corrected chi connectivity index (χ4v) is 3.44. The quantitative estimate of drug-likeness (QED) is 0.432. The molecule has 1 atom stereocenters. The minimum Gasteiger partial charge on any atom is -0.313 e. The highest BCUT2D eigenvalue weighted by Crippen LogP contribution is 2.29. The second kappa shape index (κ2) is 10.8. The van der Waals surface area contributed by atoms with Gasteiger partial charge in [-0.2, -0.15) is 0 Å². The van der Waals surface area contributed by atoms with Crippen LogP contribution in [0.25, 0.3) is 0 Å². The van der Waals surface area contributed by atoms with Crippen molar-refractivity contribution in [1.29, 1.82) is 0 Å². The van der Waals surface area contributed by atoms with Crippen molar-refractivity contribution in [1.82, 2.24) is 5.32 Å². The normalized spacial score (nSPS) is 12.6. The Labute approximate surface area is 141 Å². The number of nitrogens with one attached hydrogen (secondary N) is 1. The van der Waals surface area contributed by atoms with Gasteiger partial charge in [-0.05, 0) is 37.2 Å². The van der Waals surface area contributed by atoms with Crippen LogP contribution in [0, 0.1) is 0 Å². The number of unbranched alkanes of at least 4 members (excludes halogenated alkanes) is 6. The first kappa shape index (κ1) is 18.2. The largest absolute Gasteiger partial charge is 0.313 e. The van der Waals surface area contributed by atoms with Crippen molar-refractivity contribution < 1.29 is 0 Å². The van der Waals surface area contributed by atoms with Gasteiger partial charge in [-0.1, -0.05) is 83.7 Å². The Morgan fingerprint density at radius 2 is 1.65 bits per heavy atom. The Hall–Kier alpha value is 0.140. The van der Waals surface area contributed by atoms with E-state index < -0.39 is 0 Å². The Kier molecular flexibility index (Phi) is 9.83. The third kappa shape index (κ3) is 6.73. The van der Waals surface area contributed by atoms with Crippen LogP contribution in [-0.4, -0.2) is 7.05 Å². The molecule has 0 spiro atoms. The molecule has 0 aromatic heterocycles. The lowest BCUT2D eigenvalue weighted by Crippen LogP contribution is -2.16. The minimum absolute atomic E-state index is 0.442. The van der Waals surface area contributed by atoms with E-state index in [1.165, 1.54) is 61.4 Å². The number of hydrogen-bond acceptors (Lipinski definition) is 1. The summed E-state index contributed by atoms with van der Waals surface area (Å²) in [6, 6.07) is 6.85. The second-order valence-electron chi connectivity index (χ2n) is 5.42. The average Bonchev–Trinajstić information content (AvgIpc) is 2.45. The molecule has 1 nitrogen and oxygen atoms in total. The lowest BCUT2D eigenvalue weighted by Gasteiger charge is -2.18. The molecule has 0 bridgehead atoms. The third-order valence-corrected chi connectivity index (χ3v) is 4.99. The summed E-state index contributed by atoms with van der Waals surface area (Å²) in [6.07, 6.45) is 10.8. The predicted molar refractivity (Wildman–Crippen MR) is 96.3 cm³/mol. The number of rotatable bonds is 10. The summed E-state index contributed by atoms with van der Waals surface area (Å²) in [7, 11) is 2.05. The molecule has 0 aliphatic heterocycles. The standard InChI is InChI=1S/C17H27Br2N/c1-3-4-5-6-7-8-9-10-17(20-2)15-13-14(18)11-12-16(15)19/h11-13,17,20H,3-10H2,1-2H3. The lowest BCUT2D eigenvalue weighted by molar-refractivity contribution is 0.494. The summed E-state index contributed by atoms with van der Waals surface area (Å²) < 4.78 is 2.35. The van der Waals surface area contributed by atoms with Crippen molar-refractivity contribution in [3.05, 3.63) is 32.7 Å². The van der Waals surface area contributed by atoms with Crippen LogP contribution in [0.15, 0.2) is 27.1 Å². The Balaban J connectivity index is 2.34. The van der Waals surface area contributed by atoms with Crippen LogP contribution in [0.4, 0.5) is 0 Å². The van der Waals surface area contributed by atoms with Crippen LogP contribution < -0.4 is 5.32 Å². The lowest BCUT2D eigenvalue weighted by atomic mass is 9.99. The van der Waals surface area contributed by atoms with Crippen molar-refractivity contribution in [2.24, 2.45) is 0 Å². The maximum Gasteiger partial charge on any atom is 0.0329 e. The van der Waals surface area contributed by atoms with Crippen LogP contribution in [0.3, 0.4) is 0 Å². The van der Waals surface area contributed by atoms with E-state index in [2.05, 4.69) is 69.3 Å². The molecule has 1 aromatic carbocycles. The zero-order valence-electron chi connectivity index (χ0n) is 12.7. The predicted octanol–water partition coefficient (Wildman–Crippen LogP) is 6.61. The summed E-state index contributed by atoms with van der Waals surface area (Å²) >= 11 is 7.22. The monoisotopic (exact) mass is 403 g/mol. The van der Waals surface area contributed by atoms with Crippen molar-refractivity contribution in [2.45, 2.75) is 64.3 Å². The third-order valence-electron chi connectivity index (χ3n) is 3.78. The van der Waals surface area contributed by atoms with Gasteiger partial charge in [-0.25, -0.2) is 0 Å². The van der Waals surface area contributed by atoms with E-state index in [1.54, 1.807) is 0 Å². The van der Waals surface area contributed by atoms with Crippen LogP contribution in [0.2, 0.25) is 0 Å². The first-order valence-electron chi connectivity index (χ1n) is 7.81. The maximum atomic E-state index is 3.66. The summed E-state index contributed by atoms with van der Waals surface area (Å²) in [5.74, 6) is 0. The fraction of sp³-hybridized carbons (Fsp3) is 0.647. The molecule has 0 saturated heterocycles. The Morgan fingerprint density at radius 3 is 2.30 bits per heavy atom.